The summed E-state index contributed by atoms with van der Waals surface area (Å²) in [4.78, 5) is 50.0. The fourth-order valence-electron chi connectivity index (χ4n) is 1.76. The Balaban J connectivity index is 2.07. The summed E-state index contributed by atoms with van der Waals surface area (Å²) in [5, 5.41) is 11.1. The lowest BCUT2D eigenvalue weighted by Crippen LogP contribution is -2.40. The van der Waals surface area contributed by atoms with E-state index in [0.29, 0.717) is 0 Å². The number of carbonyl (C=O) groups is 4. The molecular formula is C12H11N3O5. The summed E-state index contributed by atoms with van der Waals surface area (Å²) >= 11 is 0. The number of aromatic nitrogens is 1. The average Bonchev–Trinajstić information content (AvgIpc) is 2.66. The molecule has 0 saturated carbocycles. The second kappa shape index (κ2) is 5.08. The molecule has 8 nitrogen and oxygen atoms in total. The van der Waals surface area contributed by atoms with Crippen molar-refractivity contribution in [3.8, 4) is 0 Å². The molecule has 1 unspecified atom stereocenters. The van der Waals surface area contributed by atoms with E-state index in [-0.39, 0.29) is 23.6 Å². The molecule has 1 aliphatic heterocycles. The Hall–Kier alpha value is -2.77. The minimum absolute atomic E-state index is 0.0816. The topological polar surface area (TPSA) is 117 Å². The van der Waals surface area contributed by atoms with Crippen LogP contribution in [0.15, 0.2) is 18.3 Å². The number of amides is 3. The SMILES string of the molecule is CN1C(=O)CC(NC(=O)c2ccc(C(=O)O)nc2)C1=O. The third-order valence-electron chi connectivity index (χ3n) is 2.93. The largest absolute Gasteiger partial charge is 0.477 e. The van der Waals surface area contributed by atoms with Gasteiger partial charge in [0, 0.05) is 13.2 Å². The van der Waals surface area contributed by atoms with Crippen LogP contribution in [-0.2, 0) is 9.59 Å². The van der Waals surface area contributed by atoms with Gasteiger partial charge in [0.1, 0.15) is 11.7 Å². The molecule has 3 amide bonds. The van der Waals surface area contributed by atoms with Gasteiger partial charge in [0.15, 0.2) is 0 Å². The Morgan fingerprint density at radius 2 is 2.10 bits per heavy atom. The van der Waals surface area contributed by atoms with Gasteiger partial charge in [-0.15, -0.1) is 0 Å². The molecule has 0 aromatic carbocycles. The highest BCUT2D eigenvalue weighted by Crippen LogP contribution is 2.11. The number of nitrogens with one attached hydrogen (secondary N) is 1. The quantitative estimate of drug-likeness (QED) is 0.703. The molecule has 0 spiro atoms. The van der Waals surface area contributed by atoms with Gasteiger partial charge >= 0.3 is 5.97 Å². The molecular weight excluding hydrogens is 266 g/mol. The Bertz CT molecular complexity index is 596. The van der Waals surface area contributed by atoms with Crippen molar-refractivity contribution in [2.24, 2.45) is 0 Å². The van der Waals surface area contributed by atoms with E-state index in [4.69, 9.17) is 5.11 Å². The predicted molar refractivity (Wildman–Crippen MR) is 64.8 cm³/mol. The van der Waals surface area contributed by atoms with Gasteiger partial charge in [0.05, 0.1) is 12.0 Å². The number of carboxylic acid groups (broad SMARTS) is 1. The third-order valence-corrected chi connectivity index (χ3v) is 2.93. The number of rotatable bonds is 3. The molecule has 1 aromatic heterocycles. The van der Waals surface area contributed by atoms with Crippen molar-refractivity contribution >= 4 is 23.7 Å². The van der Waals surface area contributed by atoms with Crippen molar-refractivity contribution in [1.82, 2.24) is 15.2 Å². The van der Waals surface area contributed by atoms with E-state index in [1.54, 1.807) is 0 Å². The van der Waals surface area contributed by atoms with Gasteiger partial charge in [-0.2, -0.15) is 0 Å². The van der Waals surface area contributed by atoms with Crippen molar-refractivity contribution in [2.75, 3.05) is 7.05 Å². The van der Waals surface area contributed by atoms with Gasteiger partial charge in [-0.3, -0.25) is 19.3 Å². The zero-order valence-corrected chi connectivity index (χ0v) is 10.5. The van der Waals surface area contributed by atoms with Crippen LogP contribution in [0.5, 0.6) is 0 Å². The smallest absolute Gasteiger partial charge is 0.354 e. The number of likely N-dealkylation sites (N-methyl/N-ethyl adjacent to an activating group) is 1. The lowest BCUT2D eigenvalue weighted by atomic mass is 10.2. The lowest BCUT2D eigenvalue weighted by molar-refractivity contribution is -0.137. The molecule has 1 atom stereocenters. The first-order chi connectivity index (χ1) is 9.40. The highest BCUT2D eigenvalue weighted by molar-refractivity contribution is 6.08. The zero-order chi connectivity index (χ0) is 14.9. The molecule has 2 heterocycles. The fraction of sp³-hybridized carbons (Fsp3) is 0.250. The summed E-state index contributed by atoms with van der Waals surface area (Å²) in [5.41, 5.74) is -0.0711. The molecule has 2 N–H and O–H groups in total. The number of imide groups is 1. The van der Waals surface area contributed by atoms with Crippen molar-refractivity contribution in [2.45, 2.75) is 12.5 Å². The molecule has 104 valence electrons. The molecule has 1 aliphatic rings. The number of likely N-dealkylation sites (tertiary alicyclic amines) is 1. The van der Waals surface area contributed by atoms with E-state index in [1.807, 2.05) is 0 Å². The first-order valence-corrected chi connectivity index (χ1v) is 5.70. The van der Waals surface area contributed by atoms with E-state index in [2.05, 4.69) is 10.3 Å². The summed E-state index contributed by atoms with van der Waals surface area (Å²) in [5.74, 6) is -2.62. The second-order valence-electron chi connectivity index (χ2n) is 4.26. The maximum Gasteiger partial charge on any atom is 0.354 e. The normalized spacial score (nSPS) is 18.2. The first kappa shape index (κ1) is 13.7. The Labute approximate surface area is 113 Å². The van der Waals surface area contributed by atoms with Gasteiger partial charge in [0.25, 0.3) is 11.8 Å². The minimum atomic E-state index is -1.20. The number of carbonyl (C=O) groups excluding carboxylic acids is 3. The summed E-state index contributed by atoms with van der Waals surface area (Å²) < 4.78 is 0. The summed E-state index contributed by atoms with van der Waals surface area (Å²) in [6, 6.07) is 1.58. The average molecular weight is 277 g/mol. The van der Waals surface area contributed by atoms with Crippen LogP contribution in [0.3, 0.4) is 0 Å². The number of hydrogen-bond donors (Lipinski definition) is 2. The van der Waals surface area contributed by atoms with Crippen LogP contribution in [0.1, 0.15) is 27.3 Å². The van der Waals surface area contributed by atoms with Crippen LogP contribution in [0.2, 0.25) is 0 Å². The van der Waals surface area contributed by atoms with Gasteiger partial charge in [-0.05, 0) is 12.1 Å². The fourth-order valence-corrected chi connectivity index (χ4v) is 1.76. The van der Waals surface area contributed by atoms with Crippen LogP contribution in [0, 0.1) is 0 Å². The van der Waals surface area contributed by atoms with Crippen molar-refractivity contribution in [1.29, 1.82) is 0 Å². The molecule has 0 aliphatic carbocycles. The number of pyridine rings is 1. The second-order valence-corrected chi connectivity index (χ2v) is 4.26. The standard InChI is InChI=1S/C12H11N3O5/c1-15-9(16)4-8(11(15)18)14-10(17)6-2-3-7(12(19)20)13-5-6/h2-3,5,8H,4H2,1H3,(H,14,17)(H,19,20). The maximum atomic E-state index is 11.9. The first-order valence-electron chi connectivity index (χ1n) is 5.70. The summed E-state index contributed by atoms with van der Waals surface area (Å²) in [7, 11) is 1.35. The summed E-state index contributed by atoms with van der Waals surface area (Å²) in [6.07, 6.45) is 1.02. The molecule has 1 fully saturated rings. The van der Waals surface area contributed by atoms with Crippen LogP contribution >= 0.6 is 0 Å². The Morgan fingerprint density at radius 1 is 1.40 bits per heavy atom. The Kier molecular flexibility index (Phi) is 3.47. The van der Waals surface area contributed by atoms with Gasteiger partial charge in [0.2, 0.25) is 5.91 Å². The van der Waals surface area contributed by atoms with Crippen LogP contribution in [-0.4, -0.2) is 51.8 Å². The van der Waals surface area contributed by atoms with Gasteiger partial charge in [-0.1, -0.05) is 0 Å². The number of aromatic carboxylic acids is 1. The monoisotopic (exact) mass is 277 g/mol. The van der Waals surface area contributed by atoms with E-state index < -0.39 is 23.8 Å². The van der Waals surface area contributed by atoms with Crippen LogP contribution in [0.25, 0.3) is 0 Å². The van der Waals surface area contributed by atoms with Gasteiger partial charge < -0.3 is 10.4 Å². The number of hydrogen-bond acceptors (Lipinski definition) is 5. The van der Waals surface area contributed by atoms with Crippen LogP contribution < -0.4 is 5.32 Å². The number of nitrogens with zero attached hydrogens (tertiary/aromatic N) is 2. The highest BCUT2D eigenvalue weighted by atomic mass is 16.4. The molecule has 8 heteroatoms. The number of carboxylic acids is 1. The third kappa shape index (κ3) is 2.48. The van der Waals surface area contributed by atoms with Gasteiger partial charge in [-0.25, -0.2) is 9.78 Å². The zero-order valence-electron chi connectivity index (χ0n) is 10.5. The lowest BCUT2D eigenvalue weighted by Gasteiger charge is -2.10. The molecule has 1 saturated heterocycles. The highest BCUT2D eigenvalue weighted by Gasteiger charge is 2.37. The minimum Gasteiger partial charge on any atom is -0.477 e. The van der Waals surface area contributed by atoms with Crippen molar-refractivity contribution < 1.29 is 24.3 Å². The van der Waals surface area contributed by atoms with Crippen molar-refractivity contribution in [3.63, 3.8) is 0 Å². The van der Waals surface area contributed by atoms with Crippen LogP contribution in [0.4, 0.5) is 0 Å². The predicted octanol–water partition coefficient (Wildman–Crippen LogP) is -0.733. The van der Waals surface area contributed by atoms with E-state index in [0.717, 1.165) is 11.1 Å². The van der Waals surface area contributed by atoms with E-state index in [9.17, 15) is 19.2 Å². The molecule has 1 aromatic rings. The molecule has 2 rings (SSSR count). The molecule has 20 heavy (non-hydrogen) atoms. The molecule has 0 radical (unpaired) electrons. The maximum absolute atomic E-state index is 11.9. The molecule has 0 bridgehead atoms. The summed E-state index contributed by atoms with van der Waals surface area (Å²) in [6.45, 7) is 0. The van der Waals surface area contributed by atoms with E-state index in [1.165, 1.54) is 19.2 Å². The Morgan fingerprint density at radius 3 is 2.55 bits per heavy atom. The van der Waals surface area contributed by atoms with E-state index >= 15 is 0 Å². The van der Waals surface area contributed by atoms with Crippen molar-refractivity contribution in [3.05, 3.63) is 29.6 Å².